The molecule has 0 bridgehead atoms. The molecule has 40 heavy (non-hydrogen) atoms. The highest BCUT2D eigenvalue weighted by atomic mass is 32.2. The molecule has 12 heteroatoms. The predicted octanol–water partition coefficient (Wildman–Crippen LogP) is 4.34. The topological polar surface area (TPSA) is 133 Å². The number of rotatable bonds is 11. The van der Waals surface area contributed by atoms with E-state index in [0.717, 1.165) is 0 Å². The summed E-state index contributed by atoms with van der Waals surface area (Å²) >= 11 is 0. The molecule has 210 valence electrons. The molecule has 0 radical (unpaired) electrons. The van der Waals surface area contributed by atoms with Gasteiger partial charge in [0.2, 0.25) is 0 Å². The number of amides is 1. The first kappa shape index (κ1) is 28.8. The van der Waals surface area contributed by atoms with Crippen LogP contribution in [0.5, 0.6) is 0 Å². The number of nitrogens with zero attached hydrogens (tertiary/aromatic N) is 4. The summed E-state index contributed by atoms with van der Waals surface area (Å²) in [7, 11) is -2.67. The molecule has 0 saturated carbocycles. The molecular formula is C28H30FN5O5S. The number of aromatic nitrogens is 4. The van der Waals surface area contributed by atoms with E-state index in [0.29, 0.717) is 35.0 Å². The number of esters is 1. The van der Waals surface area contributed by atoms with Crippen LogP contribution in [0.15, 0.2) is 66.2 Å². The van der Waals surface area contributed by atoms with Crippen molar-refractivity contribution in [3.63, 3.8) is 0 Å². The highest BCUT2D eigenvalue weighted by molar-refractivity contribution is 7.92. The fraction of sp³-hybridized carbons (Fsp3) is 0.321. The van der Waals surface area contributed by atoms with Crippen LogP contribution >= 0.6 is 0 Å². The molecule has 0 aliphatic heterocycles. The van der Waals surface area contributed by atoms with E-state index in [9.17, 15) is 22.4 Å². The van der Waals surface area contributed by atoms with Crippen molar-refractivity contribution in [2.45, 2.75) is 55.7 Å². The number of carbonyl (C=O) groups excluding carboxylic acids is 2. The number of carbonyl (C=O) groups is 2. The molecule has 1 N–H and O–H groups in total. The summed E-state index contributed by atoms with van der Waals surface area (Å²) in [4.78, 5) is 33.6. The molecule has 1 aromatic carbocycles. The van der Waals surface area contributed by atoms with Gasteiger partial charge in [-0.25, -0.2) is 17.5 Å². The molecule has 0 fully saturated rings. The minimum atomic E-state index is -3.88. The zero-order valence-electron chi connectivity index (χ0n) is 22.4. The van der Waals surface area contributed by atoms with Gasteiger partial charge in [0.05, 0.1) is 58.9 Å². The molecule has 3 heterocycles. The van der Waals surface area contributed by atoms with Crippen LogP contribution in [0.2, 0.25) is 0 Å². The number of nitrogens with one attached hydrogen (secondary N) is 1. The summed E-state index contributed by atoms with van der Waals surface area (Å²) < 4.78 is 46.2. The van der Waals surface area contributed by atoms with Gasteiger partial charge in [0.1, 0.15) is 5.82 Å². The van der Waals surface area contributed by atoms with E-state index < -0.39 is 33.0 Å². The Hall–Kier alpha value is -4.19. The van der Waals surface area contributed by atoms with E-state index in [1.807, 2.05) is 6.92 Å². The van der Waals surface area contributed by atoms with Gasteiger partial charge in [-0.1, -0.05) is 20.3 Å². The largest absolute Gasteiger partial charge is 0.469 e. The number of benzene rings is 1. The maximum absolute atomic E-state index is 13.5. The Labute approximate surface area is 231 Å². The summed E-state index contributed by atoms with van der Waals surface area (Å²) in [5.41, 5.74) is 1.98. The molecule has 4 aromatic rings. The molecule has 1 unspecified atom stereocenters. The van der Waals surface area contributed by atoms with Gasteiger partial charge < -0.3 is 10.1 Å². The van der Waals surface area contributed by atoms with Gasteiger partial charge in [0.15, 0.2) is 9.84 Å². The van der Waals surface area contributed by atoms with Crippen molar-refractivity contribution in [2.75, 3.05) is 7.11 Å². The second-order valence-corrected chi connectivity index (χ2v) is 11.5. The molecule has 4 rings (SSSR count). The zero-order chi connectivity index (χ0) is 28.9. The van der Waals surface area contributed by atoms with Crippen LogP contribution in [0.1, 0.15) is 61.5 Å². The fourth-order valence-corrected chi connectivity index (χ4v) is 6.16. The van der Waals surface area contributed by atoms with Crippen LogP contribution < -0.4 is 5.32 Å². The molecule has 0 aliphatic carbocycles. The monoisotopic (exact) mass is 567 g/mol. The number of hydrogen-bond acceptors (Lipinski definition) is 8. The van der Waals surface area contributed by atoms with E-state index in [-0.39, 0.29) is 29.1 Å². The predicted molar refractivity (Wildman–Crippen MR) is 146 cm³/mol. The summed E-state index contributed by atoms with van der Waals surface area (Å²) in [6.07, 6.45) is 8.51. The highest BCUT2D eigenvalue weighted by Crippen LogP contribution is 2.27. The average Bonchev–Trinajstić information content (AvgIpc) is 3.40. The third kappa shape index (κ3) is 6.01. The lowest BCUT2D eigenvalue weighted by atomic mass is 10.0. The summed E-state index contributed by atoms with van der Waals surface area (Å²) in [6, 6.07) is 6.75. The number of ether oxygens (including phenoxy) is 1. The summed E-state index contributed by atoms with van der Waals surface area (Å²) in [5.74, 6) is -1.40. The second-order valence-electron chi connectivity index (χ2n) is 9.28. The Morgan fingerprint density at radius 3 is 2.45 bits per heavy atom. The van der Waals surface area contributed by atoms with Gasteiger partial charge in [-0.3, -0.25) is 19.6 Å². The molecule has 1 amide bonds. The van der Waals surface area contributed by atoms with Gasteiger partial charge in [-0.2, -0.15) is 5.10 Å². The van der Waals surface area contributed by atoms with Crippen molar-refractivity contribution in [2.24, 2.45) is 0 Å². The molecule has 0 aliphatic rings. The SMILES string of the molecule is CCC[C@H](NC(=O)c1cncc2c1cnn2-c1ccc(F)cc1)c1cncc(S(=O)(=O)C(CC)CC(=O)OC)c1. The van der Waals surface area contributed by atoms with E-state index >= 15 is 0 Å². The van der Waals surface area contributed by atoms with Crippen LogP contribution in [0.3, 0.4) is 0 Å². The van der Waals surface area contributed by atoms with Crippen molar-refractivity contribution in [1.82, 2.24) is 25.1 Å². The normalized spacial score (nSPS) is 13.1. The van der Waals surface area contributed by atoms with Crippen LogP contribution in [0.25, 0.3) is 16.6 Å². The highest BCUT2D eigenvalue weighted by Gasteiger charge is 2.30. The van der Waals surface area contributed by atoms with Crippen LogP contribution in [0.4, 0.5) is 4.39 Å². The molecule has 3 aromatic heterocycles. The van der Waals surface area contributed by atoms with Crippen LogP contribution in [0, 0.1) is 5.82 Å². The van der Waals surface area contributed by atoms with Crippen molar-refractivity contribution in [1.29, 1.82) is 0 Å². The third-order valence-corrected chi connectivity index (χ3v) is 8.93. The van der Waals surface area contributed by atoms with E-state index in [2.05, 4.69) is 25.1 Å². The Balaban J connectivity index is 1.63. The lowest BCUT2D eigenvalue weighted by Gasteiger charge is -2.20. The van der Waals surface area contributed by atoms with E-state index in [1.165, 1.54) is 43.9 Å². The molecule has 0 saturated heterocycles. The Morgan fingerprint density at radius 2 is 1.77 bits per heavy atom. The first-order valence-electron chi connectivity index (χ1n) is 12.8. The number of sulfone groups is 1. The van der Waals surface area contributed by atoms with Gasteiger partial charge >= 0.3 is 5.97 Å². The molecule has 10 nitrogen and oxygen atoms in total. The van der Waals surface area contributed by atoms with E-state index in [1.54, 1.807) is 36.1 Å². The van der Waals surface area contributed by atoms with Crippen LogP contribution in [-0.2, 0) is 19.4 Å². The Bertz CT molecular complexity index is 1620. The smallest absolute Gasteiger partial charge is 0.306 e. The second kappa shape index (κ2) is 12.3. The van der Waals surface area contributed by atoms with E-state index in [4.69, 9.17) is 0 Å². The molecule has 2 atom stereocenters. The van der Waals surface area contributed by atoms with Crippen molar-refractivity contribution >= 4 is 32.6 Å². The Kier molecular flexibility index (Phi) is 8.88. The maximum atomic E-state index is 13.5. The fourth-order valence-electron chi connectivity index (χ4n) is 4.47. The first-order chi connectivity index (χ1) is 19.2. The summed E-state index contributed by atoms with van der Waals surface area (Å²) in [5, 5.41) is 6.94. The lowest BCUT2D eigenvalue weighted by molar-refractivity contribution is -0.140. The van der Waals surface area contributed by atoms with Gasteiger partial charge in [0, 0.05) is 24.0 Å². The van der Waals surface area contributed by atoms with Gasteiger partial charge in [-0.05, 0) is 48.7 Å². The number of methoxy groups -OCH3 is 1. The van der Waals surface area contributed by atoms with Crippen molar-refractivity contribution < 1.29 is 27.1 Å². The molecular weight excluding hydrogens is 537 g/mol. The standard InChI is InChI=1S/C28H30FN5O5S/c1-4-6-25(18-11-22(14-30-13-18)40(37,38)21(5-2)12-27(35)39-3)33-28(36)24-15-31-17-26-23(24)16-32-34(26)20-9-7-19(29)8-10-20/h7-11,13-17,21,25H,4-6,12H2,1-3H3,(H,33,36)/t21?,25-/m0/s1. The van der Waals surface area contributed by atoms with Crippen molar-refractivity contribution in [3.05, 3.63) is 78.3 Å². The lowest BCUT2D eigenvalue weighted by Crippen LogP contribution is -2.29. The van der Waals surface area contributed by atoms with Crippen molar-refractivity contribution in [3.8, 4) is 5.69 Å². The minimum absolute atomic E-state index is 0.0274. The quantitative estimate of drug-likeness (QED) is 0.265. The number of hydrogen-bond donors (Lipinski definition) is 1. The number of fused-ring (bicyclic) bond motifs is 1. The summed E-state index contributed by atoms with van der Waals surface area (Å²) in [6.45, 7) is 3.64. The van der Waals surface area contributed by atoms with Gasteiger partial charge in [-0.15, -0.1) is 0 Å². The Morgan fingerprint density at radius 1 is 1.05 bits per heavy atom. The minimum Gasteiger partial charge on any atom is -0.469 e. The maximum Gasteiger partial charge on any atom is 0.306 e. The number of pyridine rings is 2. The van der Waals surface area contributed by atoms with Crippen LogP contribution in [-0.4, -0.2) is 52.4 Å². The van der Waals surface area contributed by atoms with Gasteiger partial charge in [0.25, 0.3) is 5.91 Å². The third-order valence-electron chi connectivity index (χ3n) is 6.68. The zero-order valence-corrected chi connectivity index (χ0v) is 23.2. The first-order valence-corrected chi connectivity index (χ1v) is 14.4. The number of halogens is 1. The molecule has 0 spiro atoms. The average molecular weight is 568 g/mol.